The van der Waals surface area contributed by atoms with Crippen molar-refractivity contribution in [1.29, 1.82) is 0 Å². The summed E-state index contributed by atoms with van der Waals surface area (Å²) in [5.41, 5.74) is 1.88. The van der Waals surface area contributed by atoms with Gasteiger partial charge in [0.15, 0.2) is 0 Å². The molecular formula is C18H26ClFN2O. The molecular weight excluding hydrogens is 315 g/mol. The van der Waals surface area contributed by atoms with Gasteiger partial charge in [0, 0.05) is 18.7 Å². The summed E-state index contributed by atoms with van der Waals surface area (Å²) >= 11 is 0. The Morgan fingerprint density at radius 2 is 2.13 bits per heavy atom. The molecule has 0 aromatic heterocycles. The van der Waals surface area contributed by atoms with Gasteiger partial charge in [-0.05, 0) is 74.4 Å². The molecule has 3 nitrogen and oxygen atoms in total. The molecule has 0 bridgehead atoms. The van der Waals surface area contributed by atoms with Gasteiger partial charge in [0.2, 0.25) is 5.91 Å². The van der Waals surface area contributed by atoms with Gasteiger partial charge in [0.25, 0.3) is 0 Å². The third-order valence-electron chi connectivity index (χ3n) is 5.15. The second-order valence-corrected chi connectivity index (χ2v) is 6.69. The summed E-state index contributed by atoms with van der Waals surface area (Å²) in [4.78, 5) is 14.6. The molecule has 1 aromatic carbocycles. The van der Waals surface area contributed by atoms with Crippen LogP contribution in [0.2, 0.25) is 0 Å². The van der Waals surface area contributed by atoms with Gasteiger partial charge in [-0.2, -0.15) is 0 Å². The van der Waals surface area contributed by atoms with Gasteiger partial charge in [-0.25, -0.2) is 4.39 Å². The number of hydrogen-bond acceptors (Lipinski definition) is 2. The molecule has 0 radical (unpaired) electrons. The first-order valence-corrected chi connectivity index (χ1v) is 8.44. The average Bonchev–Trinajstić information content (AvgIpc) is 2.54. The smallest absolute Gasteiger partial charge is 0.227 e. The van der Waals surface area contributed by atoms with Crippen LogP contribution in [0.5, 0.6) is 0 Å². The fraction of sp³-hybridized carbons (Fsp3) is 0.611. The van der Waals surface area contributed by atoms with E-state index < -0.39 is 0 Å². The lowest BCUT2D eigenvalue weighted by Crippen LogP contribution is -2.38. The van der Waals surface area contributed by atoms with Gasteiger partial charge < -0.3 is 10.2 Å². The second-order valence-electron chi connectivity index (χ2n) is 6.69. The van der Waals surface area contributed by atoms with Crippen LogP contribution in [0.4, 0.5) is 10.1 Å². The Hall–Kier alpha value is -1.13. The Bertz CT molecular complexity index is 546. The molecule has 1 fully saturated rings. The van der Waals surface area contributed by atoms with Crippen molar-refractivity contribution in [3.8, 4) is 0 Å². The van der Waals surface area contributed by atoms with Crippen LogP contribution in [0.1, 0.15) is 38.2 Å². The number of benzene rings is 1. The van der Waals surface area contributed by atoms with Crippen LogP contribution in [-0.4, -0.2) is 25.5 Å². The molecule has 5 heteroatoms. The Labute approximate surface area is 144 Å². The summed E-state index contributed by atoms with van der Waals surface area (Å²) in [5.74, 6) is 1.04. The predicted octanol–water partition coefficient (Wildman–Crippen LogP) is 3.55. The molecule has 1 amide bonds. The van der Waals surface area contributed by atoms with E-state index in [9.17, 15) is 9.18 Å². The normalized spacial score (nSPS) is 19.7. The van der Waals surface area contributed by atoms with Gasteiger partial charge in [-0.1, -0.05) is 6.92 Å². The van der Waals surface area contributed by atoms with E-state index in [1.165, 1.54) is 6.07 Å². The number of carbonyl (C=O) groups excluding carboxylic acids is 1. The zero-order valence-corrected chi connectivity index (χ0v) is 14.5. The van der Waals surface area contributed by atoms with Crippen LogP contribution in [0.15, 0.2) is 18.2 Å². The molecule has 1 atom stereocenters. The number of aryl methyl sites for hydroxylation is 1. The topological polar surface area (TPSA) is 32.3 Å². The summed E-state index contributed by atoms with van der Waals surface area (Å²) in [6.45, 7) is 5.09. The quantitative estimate of drug-likeness (QED) is 0.912. The minimum Gasteiger partial charge on any atom is -0.317 e. The highest BCUT2D eigenvalue weighted by atomic mass is 35.5. The highest BCUT2D eigenvalue weighted by molar-refractivity contribution is 5.94. The van der Waals surface area contributed by atoms with Crippen molar-refractivity contribution < 1.29 is 9.18 Å². The zero-order valence-electron chi connectivity index (χ0n) is 13.7. The van der Waals surface area contributed by atoms with Gasteiger partial charge in [0.05, 0.1) is 0 Å². The van der Waals surface area contributed by atoms with Crippen molar-refractivity contribution in [2.45, 2.75) is 39.0 Å². The minimum absolute atomic E-state index is 0. The summed E-state index contributed by atoms with van der Waals surface area (Å²) in [6, 6.07) is 4.79. The maximum Gasteiger partial charge on any atom is 0.227 e. The lowest BCUT2D eigenvalue weighted by Gasteiger charge is -2.33. The summed E-state index contributed by atoms with van der Waals surface area (Å²) in [6.07, 6.45) is 4.71. The maximum atomic E-state index is 13.4. The molecule has 0 spiro atoms. The number of piperidine rings is 1. The number of anilines is 1. The van der Waals surface area contributed by atoms with E-state index in [0.717, 1.165) is 56.6 Å². The van der Waals surface area contributed by atoms with E-state index in [1.54, 1.807) is 12.1 Å². The maximum absolute atomic E-state index is 13.4. The molecule has 1 N–H and O–H groups in total. The molecule has 0 saturated carbocycles. The summed E-state index contributed by atoms with van der Waals surface area (Å²) in [5, 5.41) is 3.37. The number of hydrogen-bond donors (Lipinski definition) is 1. The van der Waals surface area contributed by atoms with Crippen LogP contribution in [0, 0.1) is 17.7 Å². The van der Waals surface area contributed by atoms with E-state index >= 15 is 0 Å². The fourth-order valence-corrected chi connectivity index (χ4v) is 3.79. The molecule has 1 aromatic rings. The second kappa shape index (κ2) is 8.11. The molecule has 1 saturated heterocycles. The number of fused-ring (bicyclic) bond motifs is 1. The first kappa shape index (κ1) is 18.2. The van der Waals surface area contributed by atoms with E-state index in [2.05, 4.69) is 12.2 Å². The highest BCUT2D eigenvalue weighted by Gasteiger charge is 2.27. The molecule has 3 rings (SSSR count). The minimum atomic E-state index is -0.212. The third kappa shape index (κ3) is 4.24. The first-order valence-electron chi connectivity index (χ1n) is 8.44. The lowest BCUT2D eigenvalue weighted by atomic mass is 9.83. The van der Waals surface area contributed by atoms with E-state index in [4.69, 9.17) is 0 Å². The summed E-state index contributed by atoms with van der Waals surface area (Å²) < 4.78 is 13.4. The Morgan fingerprint density at radius 1 is 1.39 bits per heavy atom. The highest BCUT2D eigenvalue weighted by Crippen LogP contribution is 2.30. The van der Waals surface area contributed by atoms with Gasteiger partial charge in [-0.3, -0.25) is 4.79 Å². The van der Waals surface area contributed by atoms with Gasteiger partial charge >= 0.3 is 0 Å². The first-order chi connectivity index (χ1) is 10.6. The molecule has 0 aliphatic carbocycles. The zero-order chi connectivity index (χ0) is 15.5. The number of nitrogens with zero attached hydrogens (tertiary/aromatic N) is 1. The van der Waals surface area contributed by atoms with Crippen LogP contribution >= 0.6 is 12.4 Å². The monoisotopic (exact) mass is 340 g/mol. The Morgan fingerprint density at radius 3 is 2.87 bits per heavy atom. The fourth-order valence-electron chi connectivity index (χ4n) is 3.79. The van der Waals surface area contributed by atoms with Crippen molar-refractivity contribution in [3.63, 3.8) is 0 Å². The van der Waals surface area contributed by atoms with Crippen LogP contribution in [0.25, 0.3) is 0 Å². The number of rotatable bonds is 3. The number of carbonyl (C=O) groups is 1. The third-order valence-corrected chi connectivity index (χ3v) is 5.15. The SMILES string of the molecule is CC(CC(=O)N1CCCc2cc(F)ccc21)C1CCNCC1.Cl. The van der Waals surface area contributed by atoms with E-state index in [-0.39, 0.29) is 24.1 Å². The van der Waals surface area contributed by atoms with Crippen molar-refractivity contribution in [1.82, 2.24) is 5.32 Å². The van der Waals surface area contributed by atoms with Crippen molar-refractivity contribution in [2.24, 2.45) is 11.8 Å². The molecule has 2 aliphatic rings. The van der Waals surface area contributed by atoms with Crippen LogP contribution in [-0.2, 0) is 11.2 Å². The van der Waals surface area contributed by atoms with Crippen molar-refractivity contribution in [3.05, 3.63) is 29.6 Å². The molecule has 1 unspecified atom stereocenters. The largest absolute Gasteiger partial charge is 0.317 e. The van der Waals surface area contributed by atoms with Gasteiger partial charge in [0.1, 0.15) is 5.82 Å². The van der Waals surface area contributed by atoms with Gasteiger partial charge in [-0.15, -0.1) is 12.4 Å². The molecule has 23 heavy (non-hydrogen) atoms. The molecule has 128 valence electrons. The van der Waals surface area contributed by atoms with E-state index in [0.29, 0.717) is 18.3 Å². The number of nitrogens with one attached hydrogen (secondary N) is 1. The van der Waals surface area contributed by atoms with E-state index in [1.807, 2.05) is 4.90 Å². The summed E-state index contributed by atoms with van der Waals surface area (Å²) in [7, 11) is 0. The predicted molar refractivity (Wildman–Crippen MR) is 93.7 cm³/mol. The average molecular weight is 341 g/mol. The van der Waals surface area contributed by atoms with Crippen LogP contribution < -0.4 is 10.2 Å². The van der Waals surface area contributed by atoms with Crippen LogP contribution in [0.3, 0.4) is 0 Å². The lowest BCUT2D eigenvalue weighted by molar-refractivity contribution is -0.119. The Kier molecular flexibility index (Phi) is 6.42. The molecule has 2 heterocycles. The van der Waals surface area contributed by atoms with Crippen molar-refractivity contribution >= 4 is 24.0 Å². The Balaban J connectivity index is 0.00000192. The molecule has 2 aliphatic heterocycles. The number of halogens is 2. The van der Waals surface area contributed by atoms with Crippen molar-refractivity contribution in [2.75, 3.05) is 24.5 Å². The standard InChI is InChI=1S/C18H25FN2O.ClH/c1-13(14-6-8-20-9-7-14)11-18(22)21-10-2-3-15-12-16(19)4-5-17(15)21;/h4-5,12-14,20H,2-3,6-11H2,1H3;1H. The number of amides is 1.